The van der Waals surface area contributed by atoms with Crippen molar-refractivity contribution in [1.29, 1.82) is 0 Å². The molecule has 0 amide bonds. The number of fused-ring (bicyclic) bond motifs is 1. The minimum Gasteiger partial charge on any atom is -0.326 e. The first-order valence-electron chi connectivity index (χ1n) is 7.70. The summed E-state index contributed by atoms with van der Waals surface area (Å²) >= 11 is 0. The second-order valence-corrected chi connectivity index (χ2v) is 6.18. The average molecular weight is 259 g/mol. The minimum absolute atomic E-state index is 0.189. The Morgan fingerprint density at radius 3 is 2.63 bits per heavy atom. The molecule has 0 radical (unpaired) electrons. The lowest BCUT2D eigenvalue weighted by Gasteiger charge is -2.32. The molecule has 2 N–H and O–H groups in total. The minimum atomic E-state index is 0.189. The zero-order valence-corrected chi connectivity index (χ0v) is 11.8. The van der Waals surface area contributed by atoms with Crippen LogP contribution in [0.3, 0.4) is 0 Å². The third-order valence-electron chi connectivity index (χ3n) is 5.02. The molecule has 1 saturated heterocycles. The first kappa shape index (κ1) is 13.1. The molecule has 1 aromatic heterocycles. The summed E-state index contributed by atoms with van der Waals surface area (Å²) in [5, 5.41) is 0. The summed E-state index contributed by atoms with van der Waals surface area (Å²) in [7, 11) is 0. The van der Waals surface area contributed by atoms with Crippen LogP contribution in [0.5, 0.6) is 0 Å². The maximum absolute atomic E-state index is 6.40. The van der Waals surface area contributed by atoms with Gasteiger partial charge < -0.3 is 5.73 Å². The van der Waals surface area contributed by atoms with Crippen LogP contribution in [0.2, 0.25) is 0 Å². The molecular weight excluding hydrogens is 234 g/mol. The van der Waals surface area contributed by atoms with Gasteiger partial charge in [0.1, 0.15) is 0 Å². The number of hydrogen-bond acceptors (Lipinski definition) is 3. The van der Waals surface area contributed by atoms with Crippen molar-refractivity contribution in [3.63, 3.8) is 0 Å². The maximum Gasteiger partial charge on any atom is 0.0673 e. The first-order chi connectivity index (χ1) is 9.29. The standard InChI is InChI=1S/C16H25N3/c1-2-14(17)16(15-8-3-4-9-18-15)19-10-12-6-5-7-13(12)11-19/h3-4,8-9,12-14,16H,2,5-7,10-11,17H2,1H3. The number of nitrogens with zero attached hydrogens (tertiary/aromatic N) is 2. The molecule has 0 aromatic carbocycles. The van der Waals surface area contributed by atoms with E-state index in [-0.39, 0.29) is 6.04 Å². The molecule has 1 aliphatic heterocycles. The molecule has 4 atom stereocenters. The van der Waals surface area contributed by atoms with Crippen LogP contribution in [0.1, 0.15) is 44.3 Å². The van der Waals surface area contributed by atoms with Crippen molar-refractivity contribution in [1.82, 2.24) is 9.88 Å². The fourth-order valence-corrected chi connectivity index (χ4v) is 3.95. The lowest BCUT2D eigenvalue weighted by Crippen LogP contribution is -2.40. The van der Waals surface area contributed by atoms with Gasteiger partial charge >= 0.3 is 0 Å². The fourth-order valence-electron chi connectivity index (χ4n) is 3.95. The van der Waals surface area contributed by atoms with Gasteiger partial charge in [-0.15, -0.1) is 0 Å². The monoisotopic (exact) mass is 259 g/mol. The zero-order chi connectivity index (χ0) is 13.2. The Morgan fingerprint density at radius 2 is 2.05 bits per heavy atom. The highest BCUT2D eigenvalue weighted by atomic mass is 15.2. The summed E-state index contributed by atoms with van der Waals surface area (Å²) < 4.78 is 0. The van der Waals surface area contributed by atoms with Crippen molar-refractivity contribution in [3.8, 4) is 0 Å². The van der Waals surface area contributed by atoms with Crippen LogP contribution in [-0.2, 0) is 0 Å². The highest BCUT2D eigenvalue weighted by Crippen LogP contribution is 2.41. The van der Waals surface area contributed by atoms with Crippen LogP contribution in [-0.4, -0.2) is 29.0 Å². The Labute approximate surface area is 116 Å². The summed E-state index contributed by atoms with van der Waals surface area (Å²) in [6.07, 6.45) is 7.15. The van der Waals surface area contributed by atoms with Crippen LogP contribution in [0.25, 0.3) is 0 Å². The predicted molar refractivity (Wildman–Crippen MR) is 77.6 cm³/mol. The number of aromatic nitrogens is 1. The first-order valence-corrected chi connectivity index (χ1v) is 7.70. The van der Waals surface area contributed by atoms with Gasteiger partial charge in [0, 0.05) is 25.3 Å². The topological polar surface area (TPSA) is 42.1 Å². The van der Waals surface area contributed by atoms with E-state index < -0.39 is 0 Å². The van der Waals surface area contributed by atoms with E-state index in [1.54, 1.807) is 0 Å². The number of nitrogens with two attached hydrogens (primary N) is 1. The van der Waals surface area contributed by atoms with E-state index in [0.29, 0.717) is 6.04 Å². The second kappa shape index (κ2) is 5.59. The van der Waals surface area contributed by atoms with Crippen LogP contribution in [0.4, 0.5) is 0 Å². The molecular formula is C16H25N3. The van der Waals surface area contributed by atoms with E-state index in [0.717, 1.165) is 24.0 Å². The molecule has 2 fully saturated rings. The van der Waals surface area contributed by atoms with Gasteiger partial charge in [0.2, 0.25) is 0 Å². The molecule has 2 aliphatic rings. The number of hydrogen-bond donors (Lipinski definition) is 1. The van der Waals surface area contributed by atoms with Crippen molar-refractivity contribution in [2.45, 2.75) is 44.7 Å². The Hall–Kier alpha value is -0.930. The van der Waals surface area contributed by atoms with E-state index in [2.05, 4.69) is 28.9 Å². The van der Waals surface area contributed by atoms with Gasteiger partial charge in [0.15, 0.2) is 0 Å². The van der Waals surface area contributed by atoms with Gasteiger partial charge in [-0.25, -0.2) is 0 Å². The SMILES string of the molecule is CCC(N)C(c1ccccn1)N1CC2CCCC2C1. The van der Waals surface area contributed by atoms with Crippen molar-refractivity contribution < 1.29 is 0 Å². The zero-order valence-electron chi connectivity index (χ0n) is 11.8. The average Bonchev–Trinajstić information content (AvgIpc) is 3.01. The lowest BCUT2D eigenvalue weighted by atomic mass is 10.0. The summed E-state index contributed by atoms with van der Waals surface area (Å²) in [5.74, 6) is 1.82. The van der Waals surface area contributed by atoms with Crippen molar-refractivity contribution in [3.05, 3.63) is 30.1 Å². The summed E-state index contributed by atoms with van der Waals surface area (Å²) in [4.78, 5) is 7.17. The molecule has 104 valence electrons. The molecule has 1 aliphatic carbocycles. The largest absolute Gasteiger partial charge is 0.326 e. The Morgan fingerprint density at radius 1 is 1.32 bits per heavy atom. The Kier molecular flexibility index (Phi) is 3.85. The highest BCUT2D eigenvalue weighted by molar-refractivity contribution is 5.12. The Balaban J connectivity index is 1.80. The normalized spacial score (nSPS) is 30.2. The number of likely N-dealkylation sites (tertiary alicyclic amines) is 1. The van der Waals surface area contributed by atoms with Crippen molar-refractivity contribution in [2.75, 3.05) is 13.1 Å². The van der Waals surface area contributed by atoms with Crippen LogP contribution in [0, 0.1) is 11.8 Å². The van der Waals surface area contributed by atoms with Gasteiger partial charge in [0.05, 0.1) is 11.7 Å². The molecule has 1 aromatic rings. The molecule has 0 spiro atoms. The van der Waals surface area contributed by atoms with E-state index in [1.807, 2.05) is 12.3 Å². The van der Waals surface area contributed by atoms with Crippen molar-refractivity contribution in [2.24, 2.45) is 17.6 Å². The summed E-state index contributed by atoms with van der Waals surface area (Å²) in [6, 6.07) is 6.69. The summed E-state index contributed by atoms with van der Waals surface area (Å²) in [6.45, 7) is 4.62. The molecule has 4 unspecified atom stereocenters. The predicted octanol–water partition coefficient (Wildman–Crippen LogP) is 2.59. The van der Waals surface area contributed by atoms with Gasteiger partial charge in [-0.2, -0.15) is 0 Å². The fraction of sp³-hybridized carbons (Fsp3) is 0.688. The van der Waals surface area contributed by atoms with Crippen LogP contribution >= 0.6 is 0 Å². The summed E-state index contributed by atoms with van der Waals surface area (Å²) in [5.41, 5.74) is 7.55. The quantitative estimate of drug-likeness (QED) is 0.903. The van der Waals surface area contributed by atoms with Gasteiger partial charge in [-0.05, 0) is 43.2 Å². The van der Waals surface area contributed by atoms with E-state index in [1.165, 1.54) is 32.4 Å². The molecule has 0 bridgehead atoms. The smallest absolute Gasteiger partial charge is 0.0673 e. The Bertz CT molecular complexity index is 394. The van der Waals surface area contributed by atoms with E-state index >= 15 is 0 Å². The second-order valence-electron chi connectivity index (χ2n) is 6.18. The van der Waals surface area contributed by atoms with Crippen molar-refractivity contribution >= 4 is 0 Å². The third kappa shape index (κ3) is 2.54. The highest BCUT2D eigenvalue weighted by Gasteiger charge is 2.40. The van der Waals surface area contributed by atoms with Crippen LogP contribution < -0.4 is 5.73 Å². The van der Waals surface area contributed by atoms with Gasteiger partial charge in [-0.3, -0.25) is 9.88 Å². The molecule has 3 heteroatoms. The molecule has 19 heavy (non-hydrogen) atoms. The maximum atomic E-state index is 6.40. The molecule has 3 nitrogen and oxygen atoms in total. The number of pyridine rings is 1. The molecule has 3 rings (SSSR count). The lowest BCUT2D eigenvalue weighted by molar-refractivity contribution is 0.190. The van der Waals surface area contributed by atoms with Crippen LogP contribution in [0.15, 0.2) is 24.4 Å². The van der Waals surface area contributed by atoms with E-state index in [9.17, 15) is 0 Å². The van der Waals surface area contributed by atoms with E-state index in [4.69, 9.17) is 5.73 Å². The number of rotatable bonds is 4. The van der Waals surface area contributed by atoms with Gasteiger partial charge in [-0.1, -0.05) is 19.4 Å². The van der Waals surface area contributed by atoms with Gasteiger partial charge in [0.25, 0.3) is 0 Å². The molecule has 1 saturated carbocycles. The third-order valence-corrected chi connectivity index (χ3v) is 5.02. The molecule has 2 heterocycles.